The van der Waals surface area contributed by atoms with E-state index in [0.29, 0.717) is 0 Å². The van der Waals surface area contributed by atoms with E-state index >= 15 is 0 Å². The molecule has 1 unspecified atom stereocenters. The second-order valence-corrected chi connectivity index (χ2v) is 3.57. The van der Waals surface area contributed by atoms with Gasteiger partial charge in [0.05, 0.1) is 6.10 Å². The SMILES string of the molecule is CC(OC(F)(F)F)C(C)(C)C. The lowest BCUT2D eigenvalue weighted by atomic mass is 9.90. The highest BCUT2D eigenvalue weighted by molar-refractivity contribution is 4.69. The fraction of sp³-hybridized carbons (Fsp3) is 1.00. The fourth-order valence-corrected chi connectivity index (χ4v) is 0.377. The van der Waals surface area contributed by atoms with Crippen molar-refractivity contribution in [3.05, 3.63) is 0 Å². The van der Waals surface area contributed by atoms with Crippen LogP contribution < -0.4 is 0 Å². The van der Waals surface area contributed by atoms with Crippen molar-refractivity contribution in [2.45, 2.75) is 40.2 Å². The van der Waals surface area contributed by atoms with Gasteiger partial charge in [0.15, 0.2) is 0 Å². The number of hydrogen-bond donors (Lipinski definition) is 0. The van der Waals surface area contributed by atoms with Crippen molar-refractivity contribution in [2.75, 3.05) is 0 Å². The van der Waals surface area contributed by atoms with Crippen LogP contribution in [-0.2, 0) is 4.74 Å². The van der Waals surface area contributed by atoms with Crippen LogP contribution in [0.1, 0.15) is 27.7 Å². The van der Waals surface area contributed by atoms with Crippen molar-refractivity contribution in [1.29, 1.82) is 0 Å². The smallest absolute Gasteiger partial charge is 0.288 e. The summed E-state index contributed by atoms with van der Waals surface area (Å²) in [5, 5.41) is 0. The molecule has 0 fully saturated rings. The highest BCUT2D eigenvalue weighted by Gasteiger charge is 2.36. The van der Waals surface area contributed by atoms with Gasteiger partial charge in [0.1, 0.15) is 0 Å². The van der Waals surface area contributed by atoms with Crippen molar-refractivity contribution in [2.24, 2.45) is 5.41 Å². The summed E-state index contributed by atoms with van der Waals surface area (Å²) in [7, 11) is 0. The molecule has 0 radical (unpaired) electrons. The van der Waals surface area contributed by atoms with E-state index in [1.807, 2.05) is 0 Å². The molecule has 0 aromatic carbocycles. The van der Waals surface area contributed by atoms with Crippen molar-refractivity contribution < 1.29 is 17.9 Å². The molecule has 1 nitrogen and oxygen atoms in total. The normalized spacial score (nSPS) is 16.6. The molecule has 68 valence electrons. The second-order valence-electron chi connectivity index (χ2n) is 3.57. The van der Waals surface area contributed by atoms with E-state index in [1.54, 1.807) is 20.8 Å². The van der Waals surface area contributed by atoms with Crippen molar-refractivity contribution >= 4 is 0 Å². The van der Waals surface area contributed by atoms with Crippen LogP contribution in [-0.4, -0.2) is 12.5 Å². The van der Waals surface area contributed by atoms with Gasteiger partial charge in [0.2, 0.25) is 0 Å². The van der Waals surface area contributed by atoms with E-state index in [-0.39, 0.29) is 0 Å². The van der Waals surface area contributed by atoms with Crippen LogP contribution in [0.5, 0.6) is 0 Å². The zero-order chi connectivity index (χ0) is 9.28. The predicted octanol–water partition coefficient (Wildman–Crippen LogP) is 2.96. The largest absolute Gasteiger partial charge is 0.522 e. The van der Waals surface area contributed by atoms with Crippen LogP contribution in [0.3, 0.4) is 0 Å². The van der Waals surface area contributed by atoms with Crippen LogP contribution in [0, 0.1) is 5.41 Å². The maximum atomic E-state index is 11.6. The molecule has 0 rings (SSSR count). The van der Waals surface area contributed by atoms with Gasteiger partial charge in [-0.3, -0.25) is 4.74 Å². The van der Waals surface area contributed by atoms with Crippen molar-refractivity contribution in [3.8, 4) is 0 Å². The maximum absolute atomic E-state index is 11.6. The van der Waals surface area contributed by atoms with Crippen molar-refractivity contribution in [1.82, 2.24) is 0 Å². The third kappa shape index (κ3) is 5.07. The second kappa shape index (κ2) is 3.01. The van der Waals surface area contributed by atoms with Crippen LogP contribution >= 0.6 is 0 Å². The van der Waals surface area contributed by atoms with Crippen molar-refractivity contribution in [3.63, 3.8) is 0 Å². The highest BCUT2D eigenvalue weighted by atomic mass is 19.4. The van der Waals surface area contributed by atoms with Gasteiger partial charge in [-0.25, -0.2) is 0 Å². The molecule has 0 aliphatic rings. The fourth-order valence-electron chi connectivity index (χ4n) is 0.377. The molecule has 0 bridgehead atoms. The minimum absolute atomic E-state index is 0.477. The molecule has 0 N–H and O–H groups in total. The lowest BCUT2D eigenvalue weighted by molar-refractivity contribution is -0.350. The first-order valence-electron chi connectivity index (χ1n) is 3.37. The van der Waals surface area contributed by atoms with Gasteiger partial charge in [-0.05, 0) is 12.3 Å². The summed E-state index contributed by atoms with van der Waals surface area (Å²) >= 11 is 0. The Labute approximate surface area is 64.5 Å². The number of alkyl halides is 3. The molecular formula is C7H13F3O. The molecule has 1 atom stereocenters. The summed E-state index contributed by atoms with van der Waals surface area (Å²) in [4.78, 5) is 0. The van der Waals surface area contributed by atoms with E-state index < -0.39 is 17.9 Å². The van der Waals surface area contributed by atoms with Gasteiger partial charge < -0.3 is 0 Å². The summed E-state index contributed by atoms with van der Waals surface area (Å²) in [6.45, 7) is 6.50. The quantitative estimate of drug-likeness (QED) is 0.587. The molecule has 0 aromatic rings. The average Bonchev–Trinajstić information content (AvgIpc) is 1.56. The lowest BCUT2D eigenvalue weighted by Gasteiger charge is -2.27. The Balaban J connectivity index is 3.99. The predicted molar refractivity (Wildman–Crippen MR) is 36.1 cm³/mol. The van der Waals surface area contributed by atoms with Gasteiger partial charge in [-0.1, -0.05) is 20.8 Å². The molecule has 11 heavy (non-hydrogen) atoms. The van der Waals surface area contributed by atoms with E-state index in [2.05, 4.69) is 4.74 Å². The molecule has 0 aliphatic heterocycles. The molecule has 0 spiro atoms. The summed E-state index contributed by atoms with van der Waals surface area (Å²) in [6.07, 6.45) is -5.34. The summed E-state index contributed by atoms with van der Waals surface area (Å²) in [5.74, 6) is 0. The zero-order valence-electron chi connectivity index (χ0n) is 7.12. The summed E-state index contributed by atoms with van der Waals surface area (Å²) < 4.78 is 38.6. The van der Waals surface area contributed by atoms with Gasteiger partial charge in [-0.15, -0.1) is 13.2 Å². The van der Waals surface area contributed by atoms with E-state index in [0.717, 1.165) is 0 Å². The number of ether oxygens (including phenoxy) is 1. The molecule has 0 amide bonds. The molecule has 0 aliphatic carbocycles. The molecule has 0 saturated carbocycles. The third-order valence-electron chi connectivity index (χ3n) is 1.53. The molecule has 4 heteroatoms. The van der Waals surface area contributed by atoms with Gasteiger partial charge in [0.25, 0.3) is 0 Å². The topological polar surface area (TPSA) is 9.23 Å². The average molecular weight is 170 g/mol. The number of hydrogen-bond acceptors (Lipinski definition) is 1. The first-order chi connectivity index (χ1) is 4.63. The van der Waals surface area contributed by atoms with E-state index in [1.165, 1.54) is 6.92 Å². The Morgan fingerprint density at radius 2 is 1.45 bits per heavy atom. The molecular weight excluding hydrogens is 157 g/mol. The highest BCUT2D eigenvalue weighted by Crippen LogP contribution is 2.28. The first kappa shape index (κ1) is 10.8. The first-order valence-corrected chi connectivity index (χ1v) is 3.37. The Morgan fingerprint density at radius 3 is 1.55 bits per heavy atom. The Bertz CT molecular complexity index is 123. The Morgan fingerprint density at radius 1 is 1.09 bits per heavy atom. The Kier molecular flexibility index (Phi) is 2.94. The van der Waals surface area contributed by atoms with E-state index in [9.17, 15) is 13.2 Å². The monoisotopic (exact) mass is 170 g/mol. The summed E-state index contributed by atoms with van der Waals surface area (Å²) in [5.41, 5.74) is -0.477. The van der Waals surface area contributed by atoms with Crippen LogP contribution in [0.2, 0.25) is 0 Å². The minimum atomic E-state index is -4.52. The van der Waals surface area contributed by atoms with Crippen LogP contribution in [0.25, 0.3) is 0 Å². The van der Waals surface area contributed by atoms with Gasteiger partial charge >= 0.3 is 6.36 Å². The van der Waals surface area contributed by atoms with E-state index in [4.69, 9.17) is 0 Å². The van der Waals surface area contributed by atoms with Gasteiger partial charge in [0, 0.05) is 0 Å². The standard InChI is InChI=1S/C7H13F3O/c1-5(6(2,3)4)11-7(8,9)10/h5H,1-4H3. The molecule has 0 saturated heterocycles. The lowest BCUT2D eigenvalue weighted by Crippen LogP contribution is -2.31. The molecule has 0 aromatic heterocycles. The van der Waals surface area contributed by atoms with Crippen LogP contribution in [0.4, 0.5) is 13.2 Å². The van der Waals surface area contributed by atoms with Crippen LogP contribution in [0.15, 0.2) is 0 Å². The molecule has 0 heterocycles. The third-order valence-corrected chi connectivity index (χ3v) is 1.53. The minimum Gasteiger partial charge on any atom is -0.288 e. The maximum Gasteiger partial charge on any atom is 0.522 e. The number of halogens is 3. The Hall–Kier alpha value is -0.250. The zero-order valence-corrected chi connectivity index (χ0v) is 7.12. The van der Waals surface area contributed by atoms with Gasteiger partial charge in [-0.2, -0.15) is 0 Å². The summed E-state index contributed by atoms with van der Waals surface area (Å²) in [6, 6.07) is 0. The number of rotatable bonds is 1.